The van der Waals surface area contributed by atoms with E-state index in [4.69, 9.17) is 4.99 Å². The summed E-state index contributed by atoms with van der Waals surface area (Å²) < 4.78 is 13.5. The molecule has 0 saturated carbocycles. The Bertz CT molecular complexity index is 791. The summed E-state index contributed by atoms with van der Waals surface area (Å²) in [5.41, 5.74) is 8.84. The van der Waals surface area contributed by atoms with E-state index in [1.54, 1.807) is 0 Å². The molecule has 1 aromatic carbocycles. The van der Waals surface area contributed by atoms with Gasteiger partial charge < -0.3 is 0 Å². The van der Waals surface area contributed by atoms with Crippen LogP contribution in [0.4, 0.5) is 10.1 Å². The molecule has 1 aliphatic rings. The van der Waals surface area contributed by atoms with Gasteiger partial charge in [0, 0.05) is 12.1 Å². The van der Waals surface area contributed by atoms with E-state index in [-0.39, 0.29) is 0 Å². The summed E-state index contributed by atoms with van der Waals surface area (Å²) in [6.45, 7) is 15.8. The van der Waals surface area contributed by atoms with Crippen LogP contribution in [0.2, 0.25) is 0 Å². The van der Waals surface area contributed by atoms with Gasteiger partial charge in [-0.3, -0.25) is 4.99 Å². The van der Waals surface area contributed by atoms with Gasteiger partial charge in [0.1, 0.15) is 6.67 Å². The van der Waals surface area contributed by atoms with Gasteiger partial charge in [-0.1, -0.05) is 49.8 Å². The lowest BCUT2D eigenvalue weighted by molar-refractivity contribution is 0.483. The summed E-state index contributed by atoms with van der Waals surface area (Å²) in [6.07, 6.45) is 7.20. The van der Waals surface area contributed by atoms with Crippen LogP contribution in [0.5, 0.6) is 0 Å². The second kappa shape index (κ2) is 8.24. The Kier molecular flexibility index (Phi) is 6.30. The topological polar surface area (TPSA) is 12.4 Å². The third-order valence-corrected chi connectivity index (χ3v) is 4.53. The first-order valence-corrected chi connectivity index (χ1v) is 8.87. The lowest BCUT2D eigenvalue weighted by Gasteiger charge is -2.08. The number of allylic oxidation sites excluding steroid dienone is 6. The SMILES string of the molecule is C=C(C)C(=C\CCC)/C=C(\C)C1=Nc2cc(C(=C)C)cc(CF)c2C1. The smallest absolute Gasteiger partial charge is 0.115 e. The molecule has 0 atom stereocenters. The molecule has 25 heavy (non-hydrogen) atoms. The second-order valence-corrected chi connectivity index (χ2v) is 6.84. The van der Waals surface area contributed by atoms with Gasteiger partial charge in [0.05, 0.1) is 5.69 Å². The summed E-state index contributed by atoms with van der Waals surface area (Å²) in [6, 6.07) is 3.92. The van der Waals surface area contributed by atoms with Crippen LogP contribution < -0.4 is 0 Å². The quantitative estimate of drug-likeness (QED) is 0.472. The fourth-order valence-electron chi connectivity index (χ4n) is 2.94. The van der Waals surface area contributed by atoms with E-state index < -0.39 is 6.67 Å². The Labute approximate surface area is 151 Å². The fraction of sp³-hybridized carbons (Fsp3) is 0.348. The molecule has 1 aromatic rings. The highest BCUT2D eigenvalue weighted by Gasteiger charge is 2.20. The maximum Gasteiger partial charge on any atom is 0.115 e. The molecule has 1 aliphatic heterocycles. The van der Waals surface area contributed by atoms with Crippen molar-refractivity contribution < 1.29 is 4.39 Å². The van der Waals surface area contributed by atoms with Crippen LogP contribution in [0.1, 0.15) is 57.2 Å². The molecule has 0 spiro atoms. The molecule has 0 aromatic heterocycles. The first-order chi connectivity index (χ1) is 11.9. The number of alkyl halides is 1. The zero-order valence-electron chi connectivity index (χ0n) is 15.9. The van der Waals surface area contributed by atoms with Gasteiger partial charge in [-0.25, -0.2) is 4.39 Å². The molecule has 132 valence electrons. The number of rotatable bonds is 7. The standard InChI is InChI=1S/C23H28FN/c1-7-8-9-18(15(2)3)10-17(6)22-13-21-20(14-24)11-19(16(4)5)12-23(21)25-22/h9-12H,2,4,7-8,13-14H2,1,3,5-6H3/b17-10+,18-9-. The van der Waals surface area contributed by atoms with Crippen molar-refractivity contribution in [1.82, 2.24) is 0 Å². The predicted octanol–water partition coefficient (Wildman–Crippen LogP) is 7.07. The average Bonchev–Trinajstić information content (AvgIpc) is 3.01. The third-order valence-electron chi connectivity index (χ3n) is 4.53. The Hall–Kier alpha value is -2.22. The number of hydrogen-bond donors (Lipinski definition) is 0. The van der Waals surface area contributed by atoms with E-state index in [0.29, 0.717) is 6.42 Å². The number of aliphatic imine (C=N–C) groups is 1. The van der Waals surface area contributed by atoms with Crippen molar-refractivity contribution in [2.24, 2.45) is 4.99 Å². The molecule has 0 N–H and O–H groups in total. The van der Waals surface area contributed by atoms with E-state index in [1.807, 2.05) is 26.0 Å². The normalized spacial score (nSPS) is 14.4. The Morgan fingerprint density at radius 1 is 1.24 bits per heavy atom. The van der Waals surface area contributed by atoms with Crippen molar-refractivity contribution in [1.29, 1.82) is 0 Å². The van der Waals surface area contributed by atoms with Crippen molar-refractivity contribution in [3.05, 3.63) is 70.9 Å². The first-order valence-electron chi connectivity index (χ1n) is 8.87. The zero-order chi connectivity index (χ0) is 18.6. The zero-order valence-corrected chi connectivity index (χ0v) is 15.9. The molecular formula is C23H28FN. The molecule has 2 heteroatoms. The van der Waals surface area contributed by atoms with Crippen molar-refractivity contribution >= 4 is 17.0 Å². The van der Waals surface area contributed by atoms with E-state index >= 15 is 0 Å². The number of nitrogens with zero attached hydrogens (tertiary/aromatic N) is 1. The molecule has 0 aliphatic carbocycles. The molecule has 0 fully saturated rings. The van der Waals surface area contributed by atoms with Crippen molar-refractivity contribution in [2.45, 2.75) is 53.6 Å². The Balaban J connectivity index is 2.38. The van der Waals surface area contributed by atoms with Crippen LogP contribution in [0, 0.1) is 0 Å². The van der Waals surface area contributed by atoms with Crippen LogP contribution in [-0.4, -0.2) is 5.71 Å². The van der Waals surface area contributed by atoms with Crippen LogP contribution in [-0.2, 0) is 13.1 Å². The minimum Gasteiger partial charge on any atom is -0.253 e. The summed E-state index contributed by atoms with van der Waals surface area (Å²) >= 11 is 0. The number of hydrogen-bond acceptors (Lipinski definition) is 1. The van der Waals surface area contributed by atoms with Gasteiger partial charge in [-0.2, -0.15) is 0 Å². The summed E-state index contributed by atoms with van der Waals surface area (Å²) in [5, 5.41) is 0. The van der Waals surface area contributed by atoms with Crippen LogP contribution >= 0.6 is 0 Å². The first kappa shape index (κ1) is 19.1. The lowest BCUT2D eigenvalue weighted by atomic mass is 9.95. The Morgan fingerprint density at radius 3 is 2.52 bits per heavy atom. The van der Waals surface area contributed by atoms with Crippen molar-refractivity contribution in [3.8, 4) is 0 Å². The highest BCUT2D eigenvalue weighted by Crippen LogP contribution is 2.35. The largest absolute Gasteiger partial charge is 0.253 e. The van der Waals surface area contributed by atoms with E-state index in [2.05, 4.69) is 39.2 Å². The molecule has 0 saturated heterocycles. The fourth-order valence-corrected chi connectivity index (χ4v) is 2.94. The van der Waals surface area contributed by atoms with Gasteiger partial charge in [0.25, 0.3) is 0 Å². The van der Waals surface area contributed by atoms with Gasteiger partial charge in [0.15, 0.2) is 0 Å². The molecule has 2 rings (SSSR count). The van der Waals surface area contributed by atoms with E-state index in [0.717, 1.165) is 63.2 Å². The molecule has 0 radical (unpaired) electrons. The number of unbranched alkanes of at least 4 members (excludes halogenated alkanes) is 1. The summed E-state index contributed by atoms with van der Waals surface area (Å²) in [5.74, 6) is 0. The van der Waals surface area contributed by atoms with E-state index in [1.165, 1.54) is 0 Å². The molecular weight excluding hydrogens is 309 g/mol. The predicted molar refractivity (Wildman–Crippen MR) is 108 cm³/mol. The molecule has 0 bridgehead atoms. The summed E-state index contributed by atoms with van der Waals surface area (Å²) in [4.78, 5) is 4.78. The summed E-state index contributed by atoms with van der Waals surface area (Å²) in [7, 11) is 0. The molecule has 0 amide bonds. The van der Waals surface area contributed by atoms with Crippen LogP contribution in [0.25, 0.3) is 5.57 Å². The lowest BCUT2D eigenvalue weighted by Crippen LogP contribution is -2.02. The van der Waals surface area contributed by atoms with Crippen molar-refractivity contribution in [3.63, 3.8) is 0 Å². The van der Waals surface area contributed by atoms with Gasteiger partial charge in [-0.05, 0) is 67.2 Å². The minimum absolute atomic E-state index is 0.470. The minimum atomic E-state index is -0.470. The van der Waals surface area contributed by atoms with E-state index in [9.17, 15) is 4.39 Å². The average molecular weight is 337 g/mol. The van der Waals surface area contributed by atoms with Crippen molar-refractivity contribution in [2.75, 3.05) is 0 Å². The Morgan fingerprint density at radius 2 is 1.96 bits per heavy atom. The number of fused-ring (bicyclic) bond motifs is 1. The van der Waals surface area contributed by atoms with Crippen LogP contribution in [0.3, 0.4) is 0 Å². The molecule has 1 nitrogen and oxygen atoms in total. The highest BCUT2D eigenvalue weighted by molar-refractivity contribution is 6.06. The third kappa shape index (κ3) is 4.45. The maximum absolute atomic E-state index is 13.5. The van der Waals surface area contributed by atoms with Gasteiger partial charge in [-0.15, -0.1) is 0 Å². The maximum atomic E-state index is 13.5. The van der Waals surface area contributed by atoms with Gasteiger partial charge >= 0.3 is 0 Å². The highest BCUT2D eigenvalue weighted by atomic mass is 19.1. The van der Waals surface area contributed by atoms with Gasteiger partial charge in [0.2, 0.25) is 0 Å². The monoisotopic (exact) mass is 337 g/mol. The second-order valence-electron chi connectivity index (χ2n) is 6.84. The molecule has 1 heterocycles. The van der Waals surface area contributed by atoms with Crippen LogP contribution in [0.15, 0.2) is 59.2 Å². The number of halogens is 1. The molecule has 0 unspecified atom stereocenters. The number of benzene rings is 1.